The summed E-state index contributed by atoms with van der Waals surface area (Å²) >= 11 is 2.68. The van der Waals surface area contributed by atoms with Crippen LogP contribution in [0.1, 0.15) is 12.5 Å². The van der Waals surface area contributed by atoms with Crippen molar-refractivity contribution in [1.29, 1.82) is 0 Å². The minimum Gasteiger partial charge on any atom is -0.330 e. The lowest BCUT2D eigenvalue weighted by molar-refractivity contribution is -0.115. The maximum absolute atomic E-state index is 13.6. The summed E-state index contributed by atoms with van der Waals surface area (Å²) in [6.07, 6.45) is 0. The third kappa shape index (κ3) is 4.80. The van der Waals surface area contributed by atoms with Gasteiger partial charge in [-0.15, -0.1) is 10.2 Å². The van der Waals surface area contributed by atoms with Crippen LogP contribution in [0.3, 0.4) is 0 Å². The normalized spacial score (nSPS) is 11.8. The molecule has 5 nitrogen and oxygen atoms in total. The fourth-order valence-corrected chi connectivity index (χ4v) is 3.99. The van der Waals surface area contributed by atoms with E-state index in [1.807, 2.05) is 30.3 Å². The van der Waals surface area contributed by atoms with Crippen molar-refractivity contribution in [3.63, 3.8) is 0 Å². The molecule has 2 N–H and O–H groups in total. The zero-order valence-corrected chi connectivity index (χ0v) is 15.8. The van der Waals surface area contributed by atoms with Gasteiger partial charge < -0.3 is 10.6 Å². The van der Waals surface area contributed by atoms with Crippen LogP contribution in [0.2, 0.25) is 0 Å². The number of rotatable bonds is 6. The summed E-state index contributed by atoms with van der Waals surface area (Å²) in [5, 5.41) is 14.3. The van der Waals surface area contributed by atoms with Crippen molar-refractivity contribution in [2.24, 2.45) is 0 Å². The van der Waals surface area contributed by atoms with Gasteiger partial charge in [-0.2, -0.15) is 0 Å². The van der Waals surface area contributed by atoms with Gasteiger partial charge in [0.15, 0.2) is 4.34 Å². The van der Waals surface area contributed by atoms with E-state index >= 15 is 0 Å². The molecule has 2 aromatic carbocycles. The number of carbonyl (C=O) groups is 1. The smallest absolute Gasteiger partial charge is 0.237 e. The highest BCUT2D eigenvalue weighted by atomic mass is 32.2. The summed E-state index contributed by atoms with van der Waals surface area (Å²) in [7, 11) is 0. The van der Waals surface area contributed by atoms with Gasteiger partial charge in [-0.25, -0.2) is 4.39 Å². The van der Waals surface area contributed by atoms with E-state index < -0.39 is 5.25 Å². The molecular weight excluding hydrogens is 371 g/mol. The molecule has 1 amide bonds. The molecule has 0 bridgehead atoms. The highest BCUT2D eigenvalue weighted by Crippen LogP contribution is 2.30. The average molecular weight is 388 g/mol. The Kier molecular flexibility index (Phi) is 5.85. The highest BCUT2D eigenvalue weighted by molar-refractivity contribution is 8.02. The lowest BCUT2D eigenvalue weighted by atomic mass is 10.2. The first-order chi connectivity index (χ1) is 12.5. The van der Waals surface area contributed by atoms with Crippen LogP contribution in [0.25, 0.3) is 0 Å². The summed E-state index contributed by atoms with van der Waals surface area (Å²) < 4.78 is 14.3. The monoisotopic (exact) mass is 388 g/mol. The lowest BCUT2D eigenvalue weighted by Crippen LogP contribution is -2.22. The third-order valence-electron chi connectivity index (χ3n) is 3.52. The predicted molar refractivity (Wildman–Crippen MR) is 105 cm³/mol. The zero-order valence-electron chi connectivity index (χ0n) is 14.2. The first kappa shape index (κ1) is 18.3. The van der Waals surface area contributed by atoms with Crippen molar-refractivity contribution in [2.45, 2.75) is 23.4 Å². The minimum absolute atomic E-state index is 0.217. The van der Waals surface area contributed by atoms with Crippen LogP contribution < -0.4 is 10.6 Å². The summed E-state index contributed by atoms with van der Waals surface area (Å²) in [5.74, 6) is -0.560. The van der Waals surface area contributed by atoms with Crippen molar-refractivity contribution >= 4 is 45.5 Å². The second kappa shape index (κ2) is 8.29. The molecular formula is C18H17FN4OS2. The zero-order chi connectivity index (χ0) is 18.5. The average Bonchev–Trinajstić information content (AvgIpc) is 3.06. The SMILES string of the molecule is Cc1ccc(NC(=O)[C@@H](C)Sc2nnc(Nc3ccccc3)s2)cc1F. The molecule has 0 fully saturated rings. The minimum atomic E-state index is -0.392. The standard InChI is InChI=1S/C18H17FN4OS2/c1-11-8-9-14(10-15(11)19)20-16(24)12(2)25-18-23-22-17(26-18)21-13-6-4-3-5-7-13/h3-10,12H,1-2H3,(H,20,24)(H,21,22)/t12-/m1/s1. The van der Waals surface area contributed by atoms with Crippen LogP contribution in [0.15, 0.2) is 52.9 Å². The van der Waals surface area contributed by atoms with E-state index in [1.165, 1.54) is 29.2 Å². The number of amides is 1. The van der Waals surface area contributed by atoms with Gasteiger partial charge in [-0.3, -0.25) is 4.79 Å². The van der Waals surface area contributed by atoms with Crippen LogP contribution in [0.5, 0.6) is 0 Å². The fraction of sp³-hybridized carbons (Fsp3) is 0.167. The van der Waals surface area contributed by atoms with Crippen LogP contribution in [0, 0.1) is 12.7 Å². The molecule has 0 spiro atoms. The number of aryl methyl sites for hydroxylation is 1. The first-order valence-electron chi connectivity index (χ1n) is 7.90. The van der Waals surface area contributed by atoms with E-state index in [0.717, 1.165) is 5.69 Å². The molecule has 1 heterocycles. The largest absolute Gasteiger partial charge is 0.330 e. The first-order valence-corrected chi connectivity index (χ1v) is 9.60. The summed E-state index contributed by atoms with van der Waals surface area (Å²) in [6, 6.07) is 14.3. The summed E-state index contributed by atoms with van der Waals surface area (Å²) in [4.78, 5) is 12.3. The fourth-order valence-electron chi connectivity index (χ4n) is 2.07. The molecule has 0 unspecified atom stereocenters. The molecule has 3 aromatic rings. The molecule has 3 rings (SSSR count). The Hall–Kier alpha value is -2.45. The van der Waals surface area contributed by atoms with Crippen molar-refractivity contribution in [3.8, 4) is 0 Å². The Bertz CT molecular complexity index is 901. The molecule has 1 aromatic heterocycles. The number of nitrogens with one attached hydrogen (secondary N) is 2. The number of nitrogens with zero attached hydrogens (tertiary/aromatic N) is 2. The van der Waals surface area contributed by atoms with Gasteiger partial charge in [-0.1, -0.05) is 47.4 Å². The predicted octanol–water partition coefficient (Wildman–Crippen LogP) is 4.85. The van der Waals surface area contributed by atoms with E-state index in [4.69, 9.17) is 0 Å². The van der Waals surface area contributed by atoms with E-state index in [9.17, 15) is 9.18 Å². The van der Waals surface area contributed by atoms with Gasteiger partial charge in [0.1, 0.15) is 5.82 Å². The topological polar surface area (TPSA) is 66.9 Å². The second-order valence-corrected chi connectivity index (χ2v) is 8.14. The maximum atomic E-state index is 13.6. The van der Waals surface area contributed by atoms with Crippen LogP contribution in [-0.2, 0) is 4.79 Å². The molecule has 26 heavy (non-hydrogen) atoms. The molecule has 0 radical (unpaired) electrons. The molecule has 0 saturated heterocycles. The van der Waals surface area contributed by atoms with E-state index in [2.05, 4.69) is 20.8 Å². The van der Waals surface area contributed by atoms with E-state index in [1.54, 1.807) is 26.0 Å². The highest BCUT2D eigenvalue weighted by Gasteiger charge is 2.18. The van der Waals surface area contributed by atoms with Gasteiger partial charge >= 0.3 is 0 Å². The van der Waals surface area contributed by atoms with Crippen LogP contribution >= 0.6 is 23.1 Å². The number of thioether (sulfide) groups is 1. The molecule has 0 saturated carbocycles. The maximum Gasteiger partial charge on any atom is 0.237 e. The number of hydrogen-bond acceptors (Lipinski definition) is 6. The number of benzene rings is 2. The van der Waals surface area contributed by atoms with Gasteiger partial charge in [0.25, 0.3) is 0 Å². The third-order valence-corrected chi connectivity index (χ3v) is 5.54. The van der Waals surface area contributed by atoms with Crippen LogP contribution in [-0.4, -0.2) is 21.4 Å². The molecule has 134 valence electrons. The Morgan fingerprint density at radius 1 is 1.15 bits per heavy atom. The van der Waals surface area contributed by atoms with Crippen molar-refractivity contribution < 1.29 is 9.18 Å². The van der Waals surface area contributed by atoms with Gasteiger partial charge in [-0.05, 0) is 43.7 Å². The Labute approximate surface area is 159 Å². The van der Waals surface area contributed by atoms with Crippen molar-refractivity contribution in [3.05, 3.63) is 59.9 Å². The summed E-state index contributed by atoms with van der Waals surface area (Å²) in [6.45, 7) is 3.45. The number of para-hydroxylation sites is 1. The quantitative estimate of drug-likeness (QED) is 0.591. The number of hydrogen-bond donors (Lipinski definition) is 2. The molecule has 0 aliphatic heterocycles. The number of anilines is 3. The number of carbonyl (C=O) groups excluding carboxylic acids is 1. The Morgan fingerprint density at radius 2 is 1.92 bits per heavy atom. The molecule has 0 aliphatic rings. The molecule has 8 heteroatoms. The number of aromatic nitrogens is 2. The van der Waals surface area contributed by atoms with E-state index in [-0.39, 0.29) is 11.7 Å². The summed E-state index contributed by atoms with van der Waals surface area (Å²) in [5.41, 5.74) is 1.90. The molecule has 0 aliphatic carbocycles. The van der Waals surface area contributed by atoms with Crippen molar-refractivity contribution in [2.75, 3.05) is 10.6 Å². The lowest BCUT2D eigenvalue weighted by Gasteiger charge is -2.10. The van der Waals surface area contributed by atoms with Crippen LogP contribution in [0.4, 0.5) is 20.9 Å². The second-order valence-electron chi connectivity index (χ2n) is 5.58. The van der Waals surface area contributed by atoms with Gasteiger partial charge in [0.05, 0.1) is 5.25 Å². The Balaban J connectivity index is 1.58. The van der Waals surface area contributed by atoms with Gasteiger partial charge in [0, 0.05) is 11.4 Å². The molecule has 1 atom stereocenters. The van der Waals surface area contributed by atoms with Gasteiger partial charge in [0.2, 0.25) is 11.0 Å². The van der Waals surface area contributed by atoms with Crippen molar-refractivity contribution in [1.82, 2.24) is 10.2 Å². The Morgan fingerprint density at radius 3 is 2.65 bits per heavy atom. The van der Waals surface area contributed by atoms with E-state index in [0.29, 0.717) is 20.7 Å². The number of halogens is 1.